The van der Waals surface area contributed by atoms with Crippen LogP contribution in [0.1, 0.15) is 15.9 Å². The molecule has 0 atom stereocenters. The van der Waals surface area contributed by atoms with Gasteiger partial charge in [0.2, 0.25) is 0 Å². The Morgan fingerprint density at radius 2 is 1.95 bits per heavy atom. The molecule has 0 saturated carbocycles. The van der Waals surface area contributed by atoms with E-state index in [1.807, 2.05) is 25.1 Å². The summed E-state index contributed by atoms with van der Waals surface area (Å²) in [5, 5.41) is 6.39. The van der Waals surface area contributed by atoms with Crippen LogP contribution in [0.2, 0.25) is 5.02 Å². The van der Waals surface area contributed by atoms with Gasteiger partial charge in [-0.15, -0.1) is 0 Å². The molecule has 2 rings (SSSR count). The number of halogens is 2. The molecule has 3 nitrogen and oxygen atoms in total. The zero-order valence-corrected chi connectivity index (χ0v) is 13.5. The first-order chi connectivity index (χ1) is 9.52. The van der Waals surface area contributed by atoms with E-state index in [-0.39, 0.29) is 5.91 Å². The Labute approximate surface area is 131 Å². The van der Waals surface area contributed by atoms with Gasteiger partial charge in [-0.3, -0.25) is 4.79 Å². The fourth-order valence-corrected chi connectivity index (χ4v) is 2.39. The third-order valence-corrected chi connectivity index (χ3v) is 4.22. The van der Waals surface area contributed by atoms with E-state index in [1.54, 1.807) is 25.2 Å². The maximum absolute atomic E-state index is 12.4. The van der Waals surface area contributed by atoms with Gasteiger partial charge in [-0.05, 0) is 52.7 Å². The molecule has 0 bridgehead atoms. The van der Waals surface area contributed by atoms with Gasteiger partial charge in [0.25, 0.3) is 5.91 Å². The van der Waals surface area contributed by atoms with Crippen molar-refractivity contribution < 1.29 is 4.79 Å². The van der Waals surface area contributed by atoms with Crippen molar-refractivity contribution in [3.63, 3.8) is 0 Å². The van der Waals surface area contributed by atoms with Gasteiger partial charge in [-0.2, -0.15) is 0 Å². The van der Waals surface area contributed by atoms with Crippen molar-refractivity contribution >= 4 is 44.8 Å². The number of aryl methyl sites for hydroxylation is 1. The summed E-state index contributed by atoms with van der Waals surface area (Å²) >= 11 is 9.44. The van der Waals surface area contributed by atoms with Crippen molar-refractivity contribution in [2.24, 2.45) is 0 Å². The molecule has 1 amide bonds. The molecule has 20 heavy (non-hydrogen) atoms. The summed E-state index contributed by atoms with van der Waals surface area (Å²) in [4.78, 5) is 12.4. The maximum Gasteiger partial charge on any atom is 0.257 e. The minimum absolute atomic E-state index is 0.205. The lowest BCUT2D eigenvalue weighted by Gasteiger charge is -2.12. The third kappa shape index (κ3) is 3.14. The Kier molecular flexibility index (Phi) is 4.68. The molecule has 0 aliphatic carbocycles. The highest BCUT2D eigenvalue weighted by Crippen LogP contribution is 2.27. The van der Waals surface area contributed by atoms with E-state index >= 15 is 0 Å². The summed E-state index contributed by atoms with van der Waals surface area (Å²) in [6.45, 7) is 1.97. The van der Waals surface area contributed by atoms with E-state index in [2.05, 4.69) is 26.6 Å². The van der Waals surface area contributed by atoms with Gasteiger partial charge in [0.1, 0.15) is 0 Å². The van der Waals surface area contributed by atoms with Gasteiger partial charge in [0.05, 0.1) is 11.3 Å². The van der Waals surface area contributed by atoms with E-state index in [4.69, 9.17) is 11.6 Å². The van der Waals surface area contributed by atoms with E-state index in [0.29, 0.717) is 10.6 Å². The standard InChI is InChI=1S/C15H14BrClN2O/c1-9-4-3-5-13(14(9)16)19-15(20)11-8-10(17)6-7-12(11)18-2/h3-8,18H,1-2H3,(H,19,20). The predicted molar refractivity (Wildman–Crippen MR) is 87.8 cm³/mol. The first-order valence-corrected chi connectivity index (χ1v) is 7.24. The molecule has 0 heterocycles. The smallest absolute Gasteiger partial charge is 0.257 e. The van der Waals surface area contributed by atoms with Crippen LogP contribution in [-0.4, -0.2) is 13.0 Å². The number of amides is 1. The van der Waals surface area contributed by atoms with Gasteiger partial charge in [0, 0.05) is 22.2 Å². The molecular weight excluding hydrogens is 340 g/mol. The number of anilines is 2. The van der Waals surface area contributed by atoms with Crippen LogP contribution in [0.15, 0.2) is 40.9 Å². The quantitative estimate of drug-likeness (QED) is 0.839. The van der Waals surface area contributed by atoms with Crippen molar-refractivity contribution in [2.45, 2.75) is 6.92 Å². The van der Waals surface area contributed by atoms with E-state index in [1.165, 1.54) is 0 Å². The second-order valence-electron chi connectivity index (χ2n) is 4.33. The molecule has 2 aromatic rings. The van der Waals surface area contributed by atoms with Gasteiger partial charge in [-0.25, -0.2) is 0 Å². The lowest BCUT2D eigenvalue weighted by Crippen LogP contribution is -2.14. The van der Waals surface area contributed by atoms with Crippen molar-refractivity contribution in [1.82, 2.24) is 0 Å². The first kappa shape index (κ1) is 14.9. The second kappa shape index (κ2) is 6.29. The maximum atomic E-state index is 12.4. The topological polar surface area (TPSA) is 41.1 Å². The highest BCUT2D eigenvalue weighted by molar-refractivity contribution is 9.10. The number of carbonyl (C=O) groups is 1. The first-order valence-electron chi connectivity index (χ1n) is 6.06. The average Bonchev–Trinajstić information content (AvgIpc) is 2.43. The van der Waals surface area contributed by atoms with Crippen molar-refractivity contribution in [2.75, 3.05) is 17.7 Å². The van der Waals surface area contributed by atoms with Crippen LogP contribution in [0.3, 0.4) is 0 Å². The van der Waals surface area contributed by atoms with E-state index in [9.17, 15) is 4.79 Å². The van der Waals surface area contributed by atoms with Crippen LogP contribution < -0.4 is 10.6 Å². The Hall–Kier alpha value is -1.52. The third-order valence-electron chi connectivity index (χ3n) is 2.94. The van der Waals surface area contributed by atoms with Crippen molar-refractivity contribution in [3.05, 3.63) is 57.0 Å². The molecule has 0 saturated heterocycles. The zero-order chi connectivity index (χ0) is 14.7. The molecule has 0 aliphatic rings. The van der Waals surface area contributed by atoms with Crippen LogP contribution in [0.5, 0.6) is 0 Å². The predicted octanol–water partition coefficient (Wildman–Crippen LogP) is 4.70. The molecule has 0 spiro atoms. The lowest BCUT2D eigenvalue weighted by molar-refractivity contribution is 0.102. The number of hydrogen-bond acceptors (Lipinski definition) is 2. The van der Waals surface area contributed by atoms with Crippen LogP contribution >= 0.6 is 27.5 Å². The molecule has 2 aromatic carbocycles. The Morgan fingerprint density at radius 3 is 2.65 bits per heavy atom. The Balaban J connectivity index is 2.33. The molecule has 104 valence electrons. The van der Waals surface area contributed by atoms with E-state index in [0.717, 1.165) is 21.4 Å². The molecule has 0 aliphatic heterocycles. The number of carbonyl (C=O) groups excluding carboxylic acids is 1. The fourth-order valence-electron chi connectivity index (χ4n) is 1.86. The minimum Gasteiger partial charge on any atom is -0.387 e. The summed E-state index contributed by atoms with van der Waals surface area (Å²) in [6, 6.07) is 10.9. The van der Waals surface area contributed by atoms with Gasteiger partial charge in [-0.1, -0.05) is 23.7 Å². The number of benzene rings is 2. The van der Waals surface area contributed by atoms with Gasteiger partial charge >= 0.3 is 0 Å². The van der Waals surface area contributed by atoms with Gasteiger partial charge in [0.15, 0.2) is 0 Å². The molecule has 5 heteroatoms. The number of rotatable bonds is 3. The average molecular weight is 354 g/mol. The molecule has 0 unspecified atom stereocenters. The Morgan fingerprint density at radius 1 is 1.20 bits per heavy atom. The molecule has 0 fully saturated rings. The van der Waals surface area contributed by atoms with Crippen LogP contribution in [0.25, 0.3) is 0 Å². The summed E-state index contributed by atoms with van der Waals surface area (Å²) in [5.74, 6) is -0.205. The number of hydrogen-bond donors (Lipinski definition) is 2. The SMILES string of the molecule is CNc1ccc(Cl)cc1C(=O)Nc1cccc(C)c1Br. The van der Waals surface area contributed by atoms with Crippen LogP contribution in [0.4, 0.5) is 11.4 Å². The normalized spacial score (nSPS) is 10.2. The summed E-state index contributed by atoms with van der Waals surface area (Å²) in [6.07, 6.45) is 0. The monoisotopic (exact) mass is 352 g/mol. The molecule has 2 N–H and O–H groups in total. The summed E-state index contributed by atoms with van der Waals surface area (Å²) < 4.78 is 0.876. The summed E-state index contributed by atoms with van der Waals surface area (Å²) in [7, 11) is 1.77. The highest BCUT2D eigenvalue weighted by Gasteiger charge is 2.13. The second-order valence-corrected chi connectivity index (χ2v) is 5.56. The number of nitrogens with one attached hydrogen (secondary N) is 2. The highest BCUT2D eigenvalue weighted by atomic mass is 79.9. The van der Waals surface area contributed by atoms with E-state index < -0.39 is 0 Å². The summed E-state index contributed by atoms with van der Waals surface area (Å²) in [5.41, 5.74) is 3.03. The molecular formula is C15H14BrClN2O. The molecule has 0 radical (unpaired) electrons. The Bertz CT molecular complexity index is 658. The molecule has 0 aromatic heterocycles. The minimum atomic E-state index is -0.205. The lowest BCUT2D eigenvalue weighted by atomic mass is 10.1. The van der Waals surface area contributed by atoms with Gasteiger partial charge < -0.3 is 10.6 Å². The largest absolute Gasteiger partial charge is 0.387 e. The zero-order valence-electron chi connectivity index (χ0n) is 11.1. The van der Waals surface area contributed by atoms with Crippen molar-refractivity contribution in [3.8, 4) is 0 Å². The van der Waals surface area contributed by atoms with Crippen LogP contribution in [0, 0.1) is 6.92 Å². The fraction of sp³-hybridized carbons (Fsp3) is 0.133. The van der Waals surface area contributed by atoms with Crippen molar-refractivity contribution in [1.29, 1.82) is 0 Å². The van der Waals surface area contributed by atoms with Crippen LogP contribution in [-0.2, 0) is 0 Å².